The highest BCUT2D eigenvalue weighted by atomic mass is 16.4. The summed E-state index contributed by atoms with van der Waals surface area (Å²) in [5, 5.41) is 9.03. The average molecular weight is 207 g/mol. The lowest BCUT2D eigenvalue weighted by molar-refractivity contribution is 0.0695. The van der Waals surface area contributed by atoms with Crippen LogP contribution < -0.4 is 0 Å². The number of aromatic amines is 1. The number of H-pyrrole nitrogens is 1. The van der Waals surface area contributed by atoms with Crippen molar-refractivity contribution >= 4 is 5.97 Å². The minimum atomic E-state index is -0.815. The number of carboxylic acid groups (broad SMARTS) is 1. The number of carboxylic acids is 1. The second-order valence-corrected chi connectivity index (χ2v) is 4.60. The molecule has 3 heteroatoms. The lowest BCUT2D eigenvalue weighted by atomic mass is 9.78. The molecular weight excluding hydrogens is 190 g/mol. The van der Waals surface area contributed by atoms with Crippen molar-refractivity contribution in [1.82, 2.24) is 4.98 Å². The van der Waals surface area contributed by atoms with Crippen LogP contribution in [0.15, 0.2) is 12.4 Å². The van der Waals surface area contributed by atoms with Crippen molar-refractivity contribution < 1.29 is 9.90 Å². The summed E-state index contributed by atoms with van der Waals surface area (Å²) in [4.78, 5) is 13.9. The van der Waals surface area contributed by atoms with Gasteiger partial charge in [-0.2, -0.15) is 0 Å². The van der Waals surface area contributed by atoms with E-state index in [0.717, 1.165) is 24.3 Å². The van der Waals surface area contributed by atoms with Crippen molar-refractivity contribution in [1.29, 1.82) is 0 Å². The van der Waals surface area contributed by atoms with Crippen LogP contribution in [0.4, 0.5) is 0 Å². The Kier molecular flexibility index (Phi) is 2.80. The van der Waals surface area contributed by atoms with Gasteiger partial charge in [-0.15, -0.1) is 0 Å². The molecule has 82 valence electrons. The van der Waals surface area contributed by atoms with Crippen LogP contribution in [0.2, 0.25) is 0 Å². The number of carbonyl (C=O) groups is 1. The van der Waals surface area contributed by atoms with Crippen LogP contribution in [0, 0.1) is 5.92 Å². The molecule has 0 radical (unpaired) electrons. The van der Waals surface area contributed by atoms with E-state index in [1.54, 1.807) is 6.20 Å². The number of rotatable bonds is 2. The summed E-state index contributed by atoms with van der Waals surface area (Å²) in [7, 11) is 0. The molecule has 1 aliphatic carbocycles. The van der Waals surface area contributed by atoms with E-state index in [1.165, 1.54) is 12.8 Å². The van der Waals surface area contributed by atoms with Crippen LogP contribution in [-0.2, 0) is 0 Å². The van der Waals surface area contributed by atoms with E-state index in [9.17, 15) is 4.79 Å². The molecule has 0 spiro atoms. The van der Waals surface area contributed by atoms with Gasteiger partial charge in [-0.25, -0.2) is 4.79 Å². The van der Waals surface area contributed by atoms with Gasteiger partial charge < -0.3 is 10.1 Å². The minimum absolute atomic E-state index is 0.436. The zero-order chi connectivity index (χ0) is 10.8. The van der Waals surface area contributed by atoms with Gasteiger partial charge in [0.25, 0.3) is 0 Å². The van der Waals surface area contributed by atoms with E-state index >= 15 is 0 Å². The summed E-state index contributed by atoms with van der Waals surface area (Å²) >= 11 is 0. The van der Waals surface area contributed by atoms with Crippen molar-refractivity contribution in [2.45, 2.75) is 38.5 Å². The minimum Gasteiger partial charge on any atom is -0.478 e. The Hall–Kier alpha value is -1.25. The predicted molar refractivity (Wildman–Crippen MR) is 58.1 cm³/mol. The molecule has 2 N–H and O–H groups in total. The van der Waals surface area contributed by atoms with Crippen LogP contribution in [-0.4, -0.2) is 16.1 Å². The molecule has 0 amide bonds. The largest absolute Gasteiger partial charge is 0.478 e. The van der Waals surface area contributed by atoms with E-state index in [-0.39, 0.29) is 0 Å². The number of aromatic carboxylic acids is 1. The molecule has 0 saturated heterocycles. The fraction of sp³-hybridized carbons (Fsp3) is 0.583. The third-order valence-corrected chi connectivity index (χ3v) is 3.38. The van der Waals surface area contributed by atoms with Crippen molar-refractivity contribution in [2.75, 3.05) is 0 Å². The molecule has 2 atom stereocenters. The first-order valence-electron chi connectivity index (χ1n) is 5.58. The van der Waals surface area contributed by atoms with E-state index in [0.29, 0.717) is 11.5 Å². The molecule has 3 nitrogen and oxygen atoms in total. The third-order valence-electron chi connectivity index (χ3n) is 3.38. The van der Waals surface area contributed by atoms with Crippen LogP contribution in [0.1, 0.15) is 54.4 Å². The summed E-state index contributed by atoms with van der Waals surface area (Å²) in [6.45, 7) is 2.25. The predicted octanol–water partition coefficient (Wildman–Crippen LogP) is 3.01. The molecule has 0 aliphatic heterocycles. The standard InChI is InChI=1S/C12H17NO2/c1-8-3-2-4-9(5-8)10-6-13-7-11(10)12(14)15/h6-9,13H,2-5H2,1H3,(H,14,15). The Labute approximate surface area is 89.5 Å². The molecule has 1 aliphatic rings. The monoisotopic (exact) mass is 207 g/mol. The van der Waals surface area contributed by atoms with E-state index in [1.807, 2.05) is 6.20 Å². The van der Waals surface area contributed by atoms with Gasteiger partial charge in [0, 0.05) is 12.4 Å². The summed E-state index contributed by atoms with van der Waals surface area (Å²) < 4.78 is 0. The van der Waals surface area contributed by atoms with Gasteiger partial charge in [0.15, 0.2) is 0 Å². The molecule has 0 bridgehead atoms. The smallest absolute Gasteiger partial charge is 0.337 e. The number of hydrogen-bond acceptors (Lipinski definition) is 1. The molecule has 1 aromatic rings. The van der Waals surface area contributed by atoms with Gasteiger partial charge in [-0.1, -0.05) is 19.8 Å². The molecule has 1 heterocycles. The summed E-state index contributed by atoms with van der Waals surface area (Å²) in [5.74, 6) is 0.343. The van der Waals surface area contributed by atoms with E-state index < -0.39 is 5.97 Å². The van der Waals surface area contributed by atoms with Crippen molar-refractivity contribution in [3.63, 3.8) is 0 Å². The zero-order valence-electron chi connectivity index (χ0n) is 8.99. The van der Waals surface area contributed by atoms with E-state index in [4.69, 9.17) is 5.11 Å². The summed E-state index contributed by atoms with van der Waals surface area (Å²) in [5.41, 5.74) is 1.45. The average Bonchev–Trinajstić information content (AvgIpc) is 2.65. The second-order valence-electron chi connectivity index (χ2n) is 4.60. The Morgan fingerprint density at radius 2 is 2.27 bits per heavy atom. The first-order chi connectivity index (χ1) is 7.18. The van der Waals surface area contributed by atoms with Crippen LogP contribution >= 0.6 is 0 Å². The molecule has 1 fully saturated rings. The number of aromatic nitrogens is 1. The van der Waals surface area contributed by atoms with Crippen LogP contribution in [0.25, 0.3) is 0 Å². The Bertz CT molecular complexity index is 356. The topological polar surface area (TPSA) is 53.1 Å². The van der Waals surface area contributed by atoms with Gasteiger partial charge >= 0.3 is 5.97 Å². The normalized spacial score (nSPS) is 26.5. The molecule has 1 saturated carbocycles. The Morgan fingerprint density at radius 3 is 2.93 bits per heavy atom. The molecule has 15 heavy (non-hydrogen) atoms. The van der Waals surface area contributed by atoms with Gasteiger partial charge in [-0.05, 0) is 30.2 Å². The molecular formula is C12H17NO2. The molecule has 0 aromatic carbocycles. The molecule has 2 rings (SSSR count). The number of nitrogens with one attached hydrogen (secondary N) is 1. The maximum atomic E-state index is 11.0. The molecule has 2 unspecified atom stereocenters. The van der Waals surface area contributed by atoms with Crippen LogP contribution in [0.5, 0.6) is 0 Å². The summed E-state index contributed by atoms with van der Waals surface area (Å²) in [6, 6.07) is 0. The van der Waals surface area contributed by atoms with Crippen LogP contribution in [0.3, 0.4) is 0 Å². The summed E-state index contributed by atoms with van der Waals surface area (Å²) in [6.07, 6.45) is 8.20. The highest BCUT2D eigenvalue weighted by Gasteiger charge is 2.24. The first kappa shape index (κ1) is 10.3. The number of hydrogen-bond donors (Lipinski definition) is 2. The Morgan fingerprint density at radius 1 is 1.47 bits per heavy atom. The lowest BCUT2D eigenvalue weighted by Gasteiger charge is -2.26. The molecule has 1 aromatic heterocycles. The van der Waals surface area contributed by atoms with Gasteiger partial charge in [0.2, 0.25) is 0 Å². The SMILES string of the molecule is CC1CCCC(c2c[nH]cc2C(=O)O)C1. The second kappa shape index (κ2) is 4.09. The fourth-order valence-electron chi connectivity index (χ4n) is 2.62. The van der Waals surface area contributed by atoms with Gasteiger partial charge in [0.1, 0.15) is 0 Å². The van der Waals surface area contributed by atoms with E-state index in [2.05, 4.69) is 11.9 Å². The van der Waals surface area contributed by atoms with Crippen molar-refractivity contribution in [3.8, 4) is 0 Å². The highest BCUT2D eigenvalue weighted by molar-refractivity contribution is 5.89. The van der Waals surface area contributed by atoms with Crippen molar-refractivity contribution in [2.24, 2.45) is 5.92 Å². The lowest BCUT2D eigenvalue weighted by Crippen LogP contribution is -2.13. The highest BCUT2D eigenvalue weighted by Crippen LogP contribution is 2.37. The van der Waals surface area contributed by atoms with Gasteiger partial charge in [0.05, 0.1) is 5.56 Å². The first-order valence-corrected chi connectivity index (χ1v) is 5.58. The van der Waals surface area contributed by atoms with Gasteiger partial charge in [-0.3, -0.25) is 0 Å². The Balaban J connectivity index is 2.21. The van der Waals surface area contributed by atoms with Crippen molar-refractivity contribution in [3.05, 3.63) is 23.5 Å². The fourth-order valence-corrected chi connectivity index (χ4v) is 2.62. The maximum Gasteiger partial charge on any atom is 0.337 e. The zero-order valence-corrected chi connectivity index (χ0v) is 8.99. The third kappa shape index (κ3) is 2.06. The quantitative estimate of drug-likeness (QED) is 0.783. The maximum absolute atomic E-state index is 11.0.